The van der Waals surface area contributed by atoms with Crippen LogP contribution in [0.15, 0.2) is 30.4 Å². The Hall–Kier alpha value is -2.92. The highest BCUT2D eigenvalue weighted by atomic mass is 16.8. The first-order chi connectivity index (χ1) is 19.7. The molecule has 0 unspecified atom stereocenters. The van der Waals surface area contributed by atoms with Gasteiger partial charge in [0.15, 0.2) is 12.6 Å². The number of rotatable bonds is 7. The molecule has 0 aromatic heterocycles. The van der Waals surface area contributed by atoms with Crippen molar-refractivity contribution >= 4 is 23.8 Å². The first-order valence-electron chi connectivity index (χ1n) is 14.4. The number of methoxy groups -OCH3 is 2. The molecule has 1 saturated heterocycles. The second kappa shape index (κ2) is 14.5. The number of fused-ring (bicyclic) bond motifs is 2. The molecular weight excluding hydrogens is 542 g/mol. The van der Waals surface area contributed by atoms with Gasteiger partial charge in [0, 0.05) is 26.2 Å². The molecule has 0 radical (unpaired) electrons. The fourth-order valence-electron chi connectivity index (χ4n) is 4.75. The highest BCUT2D eigenvalue weighted by Gasteiger charge is 2.40. The van der Waals surface area contributed by atoms with Crippen molar-refractivity contribution in [2.45, 2.75) is 91.0 Å². The number of ether oxygens (including phenoxy) is 7. The monoisotopic (exact) mass is 589 g/mol. The molecule has 1 fully saturated rings. The van der Waals surface area contributed by atoms with Crippen molar-refractivity contribution in [1.29, 1.82) is 0 Å². The van der Waals surface area contributed by atoms with Crippen molar-refractivity contribution in [3.05, 3.63) is 41.5 Å². The smallest absolute Gasteiger partial charge is 0.414 e. The fraction of sp³-hybridized carbons (Fsp3) is 0.625. The summed E-state index contributed by atoms with van der Waals surface area (Å²) >= 11 is 0. The second-order valence-corrected chi connectivity index (χ2v) is 12.1. The predicted molar refractivity (Wildman–Crippen MR) is 160 cm³/mol. The summed E-state index contributed by atoms with van der Waals surface area (Å²) in [5, 5.41) is 0. The summed E-state index contributed by atoms with van der Waals surface area (Å²) in [6, 6.07) is 3.37. The molecule has 2 heterocycles. The Labute approximate surface area is 249 Å². The largest absolute Gasteiger partial charge is 0.467 e. The maximum absolute atomic E-state index is 13.7. The SMILES string of the molecule is COCCN(C(=O)OC(C)(C)C)c1cc2c(c(OCOC)c1)C(=O)O[C@@H](C)[C@H](C)/C=C\C[C@H]1OC(C)(C)O[C@H]1CC=C2. The lowest BCUT2D eigenvalue weighted by molar-refractivity contribution is -0.145. The molecule has 10 heteroatoms. The third-order valence-corrected chi connectivity index (χ3v) is 6.89. The Balaban J connectivity index is 2.15. The Morgan fingerprint density at radius 1 is 1.05 bits per heavy atom. The van der Waals surface area contributed by atoms with E-state index >= 15 is 0 Å². The van der Waals surface area contributed by atoms with E-state index in [1.165, 1.54) is 12.0 Å². The topological polar surface area (TPSA) is 102 Å². The minimum absolute atomic E-state index is 0.0519. The van der Waals surface area contributed by atoms with E-state index in [0.29, 0.717) is 24.1 Å². The van der Waals surface area contributed by atoms with Gasteiger partial charge in [-0.25, -0.2) is 9.59 Å². The Bertz CT molecular complexity index is 1140. The van der Waals surface area contributed by atoms with E-state index in [2.05, 4.69) is 6.08 Å². The third-order valence-electron chi connectivity index (χ3n) is 6.89. The van der Waals surface area contributed by atoms with Gasteiger partial charge in [-0.05, 0) is 66.0 Å². The molecule has 3 rings (SSSR count). The van der Waals surface area contributed by atoms with Gasteiger partial charge in [-0.15, -0.1) is 0 Å². The van der Waals surface area contributed by atoms with Crippen LogP contribution in [0, 0.1) is 5.92 Å². The molecule has 234 valence electrons. The van der Waals surface area contributed by atoms with Gasteiger partial charge in [-0.2, -0.15) is 0 Å². The molecule has 1 aromatic rings. The number of anilines is 1. The van der Waals surface area contributed by atoms with E-state index in [9.17, 15) is 9.59 Å². The van der Waals surface area contributed by atoms with Gasteiger partial charge in [0.05, 0.1) is 31.0 Å². The highest BCUT2D eigenvalue weighted by Crippen LogP contribution is 2.35. The van der Waals surface area contributed by atoms with Gasteiger partial charge in [-0.3, -0.25) is 4.90 Å². The van der Waals surface area contributed by atoms with E-state index in [4.69, 9.17) is 33.2 Å². The van der Waals surface area contributed by atoms with Crippen LogP contribution in [0.3, 0.4) is 0 Å². The van der Waals surface area contributed by atoms with Crippen LogP contribution in [-0.4, -0.2) is 75.9 Å². The first kappa shape index (κ1) is 33.6. The molecular formula is C32H47NO9. The lowest BCUT2D eigenvalue weighted by Crippen LogP contribution is -2.39. The zero-order valence-electron chi connectivity index (χ0n) is 26.4. The quantitative estimate of drug-likeness (QED) is 0.211. The summed E-state index contributed by atoms with van der Waals surface area (Å²) in [6.07, 6.45) is 7.79. The van der Waals surface area contributed by atoms with Gasteiger partial charge in [-0.1, -0.05) is 31.2 Å². The van der Waals surface area contributed by atoms with Gasteiger partial charge < -0.3 is 33.2 Å². The van der Waals surface area contributed by atoms with Gasteiger partial charge in [0.2, 0.25) is 0 Å². The number of benzene rings is 1. The number of hydrogen-bond acceptors (Lipinski definition) is 9. The van der Waals surface area contributed by atoms with Crippen molar-refractivity contribution in [2.75, 3.05) is 39.1 Å². The van der Waals surface area contributed by atoms with E-state index in [-0.39, 0.29) is 49.4 Å². The average molecular weight is 590 g/mol. The van der Waals surface area contributed by atoms with Crippen LogP contribution < -0.4 is 9.64 Å². The van der Waals surface area contributed by atoms with Crippen LogP contribution in [0.2, 0.25) is 0 Å². The van der Waals surface area contributed by atoms with Crippen molar-refractivity contribution in [3.63, 3.8) is 0 Å². The van der Waals surface area contributed by atoms with E-state index in [0.717, 1.165) is 0 Å². The minimum Gasteiger partial charge on any atom is -0.467 e. The predicted octanol–water partition coefficient (Wildman–Crippen LogP) is 6.12. The third kappa shape index (κ3) is 9.29. The summed E-state index contributed by atoms with van der Waals surface area (Å²) in [7, 11) is 3.05. The second-order valence-electron chi connectivity index (χ2n) is 12.1. The molecule has 0 spiro atoms. The molecule has 0 bridgehead atoms. The molecule has 4 atom stereocenters. The van der Waals surface area contributed by atoms with Crippen LogP contribution >= 0.6 is 0 Å². The minimum atomic E-state index is -0.718. The van der Waals surface area contributed by atoms with Crippen LogP contribution in [0.4, 0.5) is 10.5 Å². The van der Waals surface area contributed by atoms with Gasteiger partial charge >= 0.3 is 12.1 Å². The number of carbonyl (C=O) groups is 2. The van der Waals surface area contributed by atoms with Crippen LogP contribution in [0.5, 0.6) is 5.75 Å². The molecule has 10 nitrogen and oxygen atoms in total. The Kier molecular flexibility index (Phi) is 11.6. The molecule has 0 N–H and O–H groups in total. The summed E-state index contributed by atoms with van der Waals surface area (Å²) in [5.74, 6) is -1.09. The zero-order chi connectivity index (χ0) is 31.1. The summed E-state index contributed by atoms with van der Waals surface area (Å²) < 4.78 is 40.3. The van der Waals surface area contributed by atoms with Crippen molar-refractivity contribution in [1.82, 2.24) is 0 Å². The van der Waals surface area contributed by atoms with Crippen LogP contribution in [-0.2, 0) is 28.4 Å². The molecule has 2 aliphatic rings. The van der Waals surface area contributed by atoms with E-state index < -0.39 is 29.6 Å². The van der Waals surface area contributed by atoms with Gasteiger partial charge in [0.25, 0.3) is 0 Å². The molecule has 2 aliphatic heterocycles. The van der Waals surface area contributed by atoms with Gasteiger partial charge in [0.1, 0.15) is 23.0 Å². The number of cyclic esters (lactones) is 1. The fourth-order valence-corrected chi connectivity index (χ4v) is 4.75. The summed E-state index contributed by atoms with van der Waals surface area (Å²) in [4.78, 5) is 28.4. The van der Waals surface area contributed by atoms with Crippen LogP contribution in [0.1, 0.15) is 77.2 Å². The molecule has 0 saturated carbocycles. The van der Waals surface area contributed by atoms with Crippen LogP contribution in [0.25, 0.3) is 6.08 Å². The van der Waals surface area contributed by atoms with Crippen molar-refractivity contribution < 1.29 is 42.7 Å². The highest BCUT2D eigenvalue weighted by molar-refractivity contribution is 5.99. The lowest BCUT2D eigenvalue weighted by Gasteiger charge is -2.28. The Morgan fingerprint density at radius 2 is 1.71 bits per heavy atom. The van der Waals surface area contributed by atoms with Crippen molar-refractivity contribution in [2.24, 2.45) is 5.92 Å². The maximum Gasteiger partial charge on any atom is 0.414 e. The Morgan fingerprint density at radius 3 is 2.33 bits per heavy atom. The average Bonchev–Trinajstić information content (AvgIpc) is 3.18. The van der Waals surface area contributed by atoms with E-state index in [1.54, 1.807) is 40.0 Å². The molecule has 0 aliphatic carbocycles. The zero-order valence-corrected chi connectivity index (χ0v) is 26.4. The lowest BCUT2D eigenvalue weighted by atomic mass is 9.99. The molecule has 42 heavy (non-hydrogen) atoms. The molecule has 1 amide bonds. The number of carbonyl (C=O) groups excluding carboxylic acids is 2. The standard InChI is InChI=1S/C32H47NO9/c1-21-12-10-14-25-26(41-32(6,7)40-25)15-11-13-23-18-24(33(16-17-36-8)30(35)42-31(3,4)5)19-27(38-20-37-9)28(23)29(34)39-22(21)2/h10-13,18-19,21-22,25-26H,14-17,20H2,1-9H3/b12-10-,13-11?/t21-,22+,25-,26+/m1/s1. The van der Waals surface area contributed by atoms with E-state index in [1.807, 2.05) is 45.9 Å². The number of hydrogen-bond donors (Lipinski definition) is 0. The summed E-state index contributed by atoms with van der Waals surface area (Å²) in [6.45, 7) is 13.4. The first-order valence-corrected chi connectivity index (χ1v) is 14.4. The number of amides is 1. The number of nitrogens with zero attached hydrogens (tertiary/aromatic N) is 1. The molecule has 1 aromatic carbocycles. The number of esters is 1. The van der Waals surface area contributed by atoms with Crippen molar-refractivity contribution in [3.8, 4) is 5.75 Å². The summed E-state index contributed by atoms with van der Waals surface area (Å²) in [5.41, 5.74) is 0.485. The maximum atomic E-state index is 13.7. The normalized spacial score (nSPS) is 25.0.